The van der Waals surface area contributed by atoms with Gasteiger partial charge in [-0.05, 0) is 31.2 Å². The summed E-state index contributed by atoms with van der Waals surface area (Å²) < 4.78 is 24.2. The number of sulfone groups is 1. The fourth-order valence-electron chi connectivity index (χ4n) is 2.47. The maximum Gasteiger partial charge on any atom is 0.176 e. The number of hydrogen-bond donors (Lipinski definition) is 0. The fourth-order valence-corrected chi connectivity index (χ4v) is 3.38. The van der Waals surface area contributed by atoms with E-state index in [0.29, 0.717) is 10.5 Å². The molecule has 0 aliphatic heterocycles. The van der Waals surface area contributed by atoms with Gasteiger partial charge >= 0.3 is 0 Å². The van der Waals surface area contributed by atoms with Gasteiger partial charge in [0.05, 0.1) is 10.6 Å². The summed E-state index contributed by atoms with van der Waals surface area (Å²) in [5.41, 5.74) is 3.92. The molecule has 0 spiro atoms. The average Bonchev–Trinajstić information content (AvgIpc) is 2.55. The Bertz CT molecular complexity index is 949. The van der Waals surface area contributed by atoms with Crippen LogP contribution in [0.4, 0.5) is 0 Å². The fraction of sp³-hybridized carbons (Fsp3) is 0.111. The Morgan fingerprint density at radius 1 is 0.870 bits per heavy atom. The first-order valence-corrected chi connectivity index (χ1v) is 9.03. The third-order valence-corrected chi connectivity index (χ3v) is 4.72. The highest BCUT2D eigenvalue weighted by molar-refractivity contribution is 7.90. The van der Waals surface area contributed by atoms with Crippen LogP contribution in [0.1, 0.15) is 5.69 Å². The van der Waals surface area contributed by atoms with E-state index in [0.717, 1.165) is 22.5 Å². The molecule has 0 radical (unpaired) electrons. The van der Waals surface area contributed by atoms with Gasteiger partial charge in [0.2, 0.25) is 0 Å². The molecule has 0 N–H and O–H groups in total. The molecule has 0 saturated carbocycles. The Labute approximate surface area is 135 Å². The first kappa shape index (κ1) is 15.4. The summed E-state index contributed by atoms with van der Waals surface area (Å²) in [7, 11) is -3.33. The van der Waals surface area contributed by atoms with Crippen molar-refractivity contribution in [2.24, 2.45) is 0 Å². The van der Waals surface area contributed by atoms with Gasteiger partial charge in [-0.1, -0.05) is 24.3 Å². The monoisotopic (exact) mass is 324 g/mol. The van der Waals surface area contributed by atoms with Gasteiger partial charge in [0.25, 0.3) is 0 Å². The van der Waals surface area contributed by atoms with E-state index in [9.17, 15) is 8.42 Å². The molecule has 116 valence electrons. The minimum Gasteiger partial charge on any atom is -0.261 e. The minimum atomic E-state index is -3.33. The van der Waals surface area contributed by atoms with Crippen LogP contribution in [0, 0.1) is 6.92 Å². The Hall–Kier alpha value is -2.53. The molecule has 5 heteroatoms. The van der Waals surface area contributed by atoms with Crippen LogP contribution >= 0.6 is 0 Å². The van der Waals surface area contributed by atoms with Gasteiger partial charge in [0, 0.05) is 41.0 Å². The van der Waals surface area contributed by atoms with Crippen LogP contribution in [0.3, 0.4) is 0 Å². The van der Waals surface area contributed by atoms with E-state index in [2.05, 4.69) is 9.97 Å². The SMILES string of the molecule is Cc1ccc(-c2ncccc2-c2ccccc2S(C)(=O)=O)cn1. The lowest BCUT2D eigenvalue weighted by atomic mass is 10.0. The first-order chi connectivity index (χ1) is 11.0. The second kappa shape index (κ2) is 5.93. The highest BCUT2D eigenvalue weighted by atomic mass is 32.2. The molecule has 3 aromatic rings. The zero-order chi connectivity index (χ0) is 16.4. The van der Waals surface area contributed by atoms with Crippen LogP contribution < -0.4 is 0 Å². The molecular weight excluding hydrogens is 308 g/mol. The van der Waals surface area contributed by atoms with E-state index in [1.54, 1.807) is 36.7 Å². The van der Waals surface area contributed by atoms with Crippen molar-refractivity contribution >= 4 is 9.84 Å². The van der Waals surface area contributed by atoms with Crippen LogP contribution in [0.15, 0.2) is 65.8 Å². The summed E-state index contributed by atoms with van der Waals surface area (Å²) in [6.45, 7) is 1.92. The second-order valence-corrected chi connectivity index (χ2v) is 7.34. The number of aryl methyl sites for hydroxylation is 1. The van der Waals surface area contributed by atoms with Gasteiger partial charge in [0.1, 0.15) is 0 Å². The summed E-state index contributed by atoms with van der Waals surface area (Å²) in [6.07, 6.45) is 4.67. The molecule has 4 nitrogen and oxygen atoms in total. The Kier molecular flexibility index (Phi) is 3.96. The molecule has 0 saturated heterocycles. The smallest absolute Gasteiger partial charge is 0.176 e. The van der Waals surface area contributed by atoms with Crippen LogP contribution in [-0.2, 0) is 9.84 Å². The summed E-state index contributed by atoms with van der Waals surface area (Å²) in [6, 6.07) is 14.5. The average molecular weight is 324 g/mol. The topological polar surface area (TPSA) is 59.9 Å². The molecule has 23 heavy (non-hydrogen) atoms. The first-order valence-electron chi connectivity index (χ1n) is 7.14. The van der Waals surface area contributed by atoms with E-state index >= 15 is 0 Å². The predicted octanol–water partition coefficient (Wildman–Crippen LogP) is 3.52. The minimum absolute atomic E-state index is 0.300. The standard InChI is InChI=1S/C18H16N2O2S/c1-13-9-10-14(12-20-13)18-16(7-5-11-19-18)15-6-3-4-8-17(15)23(2,21)22/h3-12H,1-2H3. The predicted molar refractivity (Wildman–Crippen MR) is 90.8 cm³/mol. The third-order valence-electron chi connectivity index (χ3n) is 3.57. The number of nitrogens with zero attached hydrogens (tertiary/aromatic N) is 2. The molecule has 2 heterocycles. The highest BCUT2D eigenvalue weighted by Gasteiger charge is 2.17. The van der Waals surface area contributed by atoms with Crippen molar-refractivity contribution in [1.82, 2.24) is 9.97 Å². The van der Waals surface area contributed by atoms with E-state index in [4.69, 9.17) is 0 Å². The zero-order valence-corrected chi connectivity index (χ0v) is 13.7. The van der Waals surface area contributed by atoms with Gasteiger partial charge < -0.3 is 0 Å². The lowest BCUT2D eigenvalue weighted by Gasteiger charge is -2.12. The van der Waals surface area contributed by atoms with Gasteiger partial charge in [-0.3, -0.25) is 9.97 Å². The second-order valence-electron chi connectivity index (χ2n) is 5.36. The summed E-state index contributed by atoms with van der Waals surface area (Å²) in [5.74, 6) is 0. The van der Waals surface area contributed by atoms with E-state index < -0.39 is 9.84 Å². The number of pyridine rings is 2. The van der Waals surface area contributed by atoms with Crippen LogP contribution in [0.2, 0.25) is 0 Å². The maximum absolute atomic E-state index is 12.1. The molecule has 0 bridgehead atoms. The van der Waals surface area contributed by atoms with Crippen molar-refractivity contribution in [3.8, 4) is 22.4 Å². The van der Waals surface area contributed by atoms with Crippen LogP contribution in [0.25, 0.3) is 22.4 Å². The van der Waals surface area contributed by atoms with E-state index in [1.807, 2.05) is 31.2 Å². The third kappa shape index (κ3) is 3.14. The summed E-state index contributed by atoms with van der Waals surface area (Å²) in [5, 5.41) is 0. The van der Waals surface area contributed by atoms with Gasteiger partial charge in [-0.15, -0.1) is 0 Å². The summed E-state index contributed by atoms with van der Waals surface area (Å²) >= 11 is 0. The van der Waals surface area contributed by atoms with Crippen LogP contribution in [-0.4, -0.2) is 24.6 Å². The molecule has 0 unspecified atom stereocenters. The Morgan fingerprint density at radius 3 is 2.30 bits per heavy atom. The largest absolute Gasteiger partial charge is 0.261 e. The molecule has 3 rings (SSSR count). The lowest BCUT2D eigenvalue weighted by molar-refractivity contribution is 0.602. The van der Waals surface area contributed by atoms with Gasteiger partial charge in [-0.25, -0.2) is 8.42 Å². The molecular formula is C18H16N2O2S. The molecule has 0 atom stereocenters. The lowest BCUT2D eigenvalue weighted by Crippen LogP contribution is -2.01. The number of hydrogen-bond acceptors (Lipinski definition) is 4. The molecule has 0 aliphatic carbocycles. The Morgan fingerprint density at radius 2 is 1.61 bits per heavy atom. The molecule has 0 aliphatic rings. The van der Waals surface area contributed by atoms with Crippen molar-refractivity contribution in [2.45, 2.75) is 11.8 Å². The zero-order valence-electron chi connectivity index (χ0n) is 12.9. The van der Waals surface area contributed by atoms with Gasteiger partial charge in [0.15, 0.2) is 9.84 Å². The summed E-state index contributed by atoms with van der Waals surface area (Å²) in [4.78, 5) is 9.05. The quantitative estimate of drug-likeness (QED) is 0.739. The maximum atomic E-state index is 12.1. The van der Waals surface area contributed by atoms with Crippen molar-refractivity contribution in [3.63, 3.8) is 0 Å². The van der Waals surface area contributed by atoms with Gasteiger partial charge in [-0.2, -0.15) is 0 Å². The van der Waals surface area contributed by atoms with Crippen LogP contribution in [0.5, 0.6) is 0 Å². The number of aromatic nitrogens is 2. The Balaban J connectivity index is 2.26. The molecule has 0 fully saturated rings. The van der Waals surface area contributed by atoms with Crippen molar-refractivity contribution in [3.05, 3.63) is 66.6 Å². The molecule has 1 aromatic carbocycles. The number of rotatable bonds is 3. The number of benzene rings is 1. The van der Waals surface area contributed by atoms with E-state index in [1.165, 1.54) is 6.26 Å². The molecule has 2 aromatic heterocycles. The van der Waals surface area contributed by atoms with Crippen molar-refractivity contribution in [2.75, 3.05) is 6.26 Å². The highest BCUT2D eigenvalue weighted by Crippen LogP contribution is 2.33. The van der Waals surface area contributed by atoms with Crippen molar-refractivity contribution < 1.29 is 8.42 Å². The van der Waals surface area contributed by atoms with Crippen molar-refractivity contribution in [1.29, 1.82) is 0 Å². The van der Waals surface area contributed by atoms with E-state index in [-0.39, 0.29) is 0 Å². The normalized spacial score (nSPS) is 11.4. The molecule has 0 amide bonds.